The Labute approximate surface area is 169 Å². The van der Waals surface area contributed by atoms with Gasteiger partial charge in [0.05, 0.1) is 7.11 Å². The van der Waals surface area contributed by atoms with E-state index in [1.54, 1.807) is 19.2 Å². The monoisotopic (exact) mass is 392 g/mol. The third-order valence-electron chi connectivity index (χ3n) is 5.09. The molecule has 2 amide bonds. The van der Waals surface area contributed by atoms with Crippen molar-refractivity contribution in [2.75, 3.05) is 17.7 Å². The van der Waals surface area contributed by atoms with Gasteiger partial charge in [0.25, 0.3) is 0 Å². The lowest BCUT2D eigenvalue weighted by atomic mass is 9.89. The molecule has 1 aromatic heterocycles. The first kappa shape index (κ1) is 19.0. The molecule has 7 nitrogen and oxygen atoms in total. The van der Waals surface area contributed by atoms with Gasteiger partial charge in [-0.1, -0.05) is 31.4 Å². The molecule has 2 N–H and O–H groups in total. The highest BCUT2D eigenvalue weighted by atomic mass is 16.5. The number of amides is 2. The van der Waals surface area contributed by atoms with E-state index in [-0.39, 0.29) is 6.03 Å². The van der Waals surface area contributed by atoms with Crippen LogP contribution in [0.15, 0.2) is 52.9 Å². The van der Waals surface area contributed by atoms with Crippen LogP contribution in [0.1, 0.15) is 43.9 Å². The van der Waals surface area contributed by atoms with E-state index in [0.717, 1.165) is 18.4 Å². The maximum absolute atomic E-state index is 12.3. The molecule has 2 aromatic carbocycles. The second kappa shape index (κ2) is 8.77. The largest absolute Gasteiger partial charge is 0.497 e. The van der Waals surface area contributed by atoms with E-state index in [4.69, 9.17) is 9.15 Å². The summed E-state index contributed by atoms with van der Waals surface area (Å²) < 4.78 is 11.1. The number of rotatable bonds is 5. The van der Waals surface area contributed by atoms with Gasteiger partial charge in [-0.3, -0.25) is 0 Å². The molecule has 150 valence electrons. The molecule has 0 unspecified atom stereocenters. The normalized spacial score (nSPS) is 14.4. The van der Waals surface area contributed by atoms with Gasteiger partial charge in [0, 0.05) is 28.9 Å². The predicted molar refractivity (Wildman–Crippen MR) is 111 cm³/mol. The van der Waals surface area contributed by atoms with Crippen LogP contribution in [-0.2, 0) is 0 Å². The number of nitrogens with one attached hydrogen (secondary N) is 2. The smallest absolute Gasteiger partial charge is 0.323 e. The number of urea groups is 1. The van der Waals surface area contributed by atoms with Crippen molar-refractivity contribution in [1.82, 2.24) is 10.2 Å². The van der Waals surface area contributed by atoms with Gasteiger partial charge in [-0.05, 0) is 43.2 Å². The van der Waals surface area contributed by atoms with Crippen LogP contribution in [0.3, 0.4) is 0 Å². The molecular weight excluding hydrogens is 368 g/mol. The fourth-order valence-electron chi connectivity index (χ4n) is 3.59. The highest BCUT2D eigenvalue weighted by Gasteiger charge is 2.21. The van der Waals surface area contributed by atoms with E-state index < -0.39 is 0 Å². The van der Waals surface area contributed by atoms with Crippen LogP contribution in [0.2, 0.25) is 0 Å². The number of aromatic nitrogens is 2. The van der Waals surface area contributed by atoms with Gasteiger partial charge < -0.3 is 19.8 Å². The molecule has 3 aromatic rings. The van der Waals surface area contributed by atoms with E-state index in [0.29, 0.717) is 34.8 Å². The maximum atomic E-state index is 12.3. The summed E-state index contributed by atoms with van der Waals surface area (Å²) in [6.45, 7) is 0. The number of nitrogens with zero attached hydrogens (tertiary/aromatic N) is 2. The van der Waals surface area contributed by atoms with E-state index in [9.17, 15) is 4.79 Å². The number of carbonyl (C=O) groups is 1. The molecule has 1 aliphatic rings. The Balaban J connectivity index is 1.43. The van der Waals surface area contributed by atoms with Crippen molar-refractivity contribution in [1.29, 1.82) is 0 Å². The van der Waals surface area contributed by atoms with E-state index in [1.807, 2.05) is 36.4 Å². The summed E-state index contributed by atoms with van der Waals surface area (Å²) in [5.74, 6) is 2.23. The zero-order valence-electron chi connectivity index (χ0n) is 16.4. The lowest BCUT2D eigenvalue weighted by Gasteiger charge is -2.17. The molecule has 1 saturated carbocycles. The van der Waals surface area contributed by atoms with Gasteiger partial charge >= 0.3 is 6.03 Å². The predicted octanol–water partition coefficient (Wildman–Crippen LogP) is 5.44. The molecule has 0 saturated heterocycles. The average molecular weight is 392 g/mol. The average Bonchev–Trinajstić information content (AvgIpc) is 3.25. The fourth-order valence-corrected chi connectivity index (χ4v) is 3.59. The van der Waals surface area contributed by atoms with Gasteiger partial charge in [0.2, 0.25) is 11.8 Å². The van der Waals surface area contributed by atoms with E-state index in [2.05, 4.69) is 20.8 Å². The minimum atomic E-state index is -0.344. The maximum Gasteiger partial charge on any atom is 0.323 e. The van der Waals surface area contributed by atoms with Gasteiger partial charge in [0.1, 0.15) is 5.75 Å². The molecule has 0 bridgehead atoms. The fraction of sp³-hybridized carbons (Fsp3) is 0.318. The third kappa shape index (κ3) is 4.74. The second-order valence-corrected chi connectivity index (χ2v) is 7.17. The van der Waals surface area contributed by atoms with Crippen molar-refractivity contribution in [3.63, 3.8) is 0 Å². The van der Waals surface area contributed by atoms with Crippen LogP contribution in [-0.4, -0.2) is 23.3 Å². The standard InChI is InChI=1S/C22H24N4O3/c1-28-19-12-6-11-18(14-19)24-22(27)23-17-10-5-9-16(13-17)21-26-25-20(29-21)15-7-3-2-4-8-15/h5-6,9-15H,2-4,7-8H2,1H3,(H2,23,24,27). The van der Waals surface area contributed by atoms with Crippen LogP contribution in [0, 0.1) is 0 Å². The molecule has 1 aliphatic carbocycles. The van der Waals surface area contributed by atoms with Gasteiger partial charge in [0.15, 0.2) is 0 Å². The zero-order chi connectivity index (χ0) is 20.1. The molecule has 0 atom stereocenters. The second-order valence-electron chi connectivity index (χ2n) is 7.17. The van der Waals surface area contributed by atoms with Crippen molar-refractivity contribution >= 4 is 17.4 Å². The van der Waals surface area contributed by atoms with E-state index in [1.165, 1.54) is 19.3 Å². The van der Waals surface area contributed by atoms with Crippen molar-refractivity contribution in [2.45, 2.75) is 38.0 Å². The minimum Gasteiger partial charge on any atom is -0.497 e. The van der Waals surface area contributed by atoms with Crippen molar-refractivity contribution in [3.8, 4) is 17.2 Å². The zero-order valence-corrected chi connectivity index (χ0v) is 16.4. The lowest BCUT2D eigenvalue weighted by Crippen LogP contribution is -2.19. The first-order valence-corrected chi connectivity index (χ1v) is 9.87. The van der Waals surface area contributed by atoms with Crippen LogP contribution in [0.5, 0.6) is 5.75 Å². The first-order chi connectivity index (χ1) is 14.2. The summed E-state index contributed by atoms with van der Waals surface area (Å²) in [4.78, 5) is 12.3. The number of ether oxygens (including phenoxy) is 1. The number of hydrogen-bond acceptors (Lipinski definition) is 5. The topological polar surface area (TPSA) is 89.3 Å². The van der Waals surface area contributed by atoms with Crippen molar-refractivity contribution in [3.05, 3.63) is 54.4 Å². The molecule has 0 spiro atoms. The lowest BCUT2D eigenvalue weighted by molar-refractivity contribution is 0.262. The number of carbonyl (C=O) groups excluding carboxylic acids is 1. The summed E-state index contributed by atoms with van der Waals surface area (Å²) in [5.41, 5.74) is 2.06. The highest BCUT2D eigenvalue weighted by molar-refractivity contribution is 6.00. The SMILES string of the molecule is COc1cccc(NC(=O)Nc2cccc(-c3nnc(C4CCCCC4)o3)c2)c1. The molecular formula is C22H24N4O3. The number of hydrogen-bond donors (Lipinski definition) is 2. The molecule has 7 heteroatoms. The third-order valence-corrected chi connectivity index (χ3v) is 5.09. The minimum absolute atomic E-state index is 0.344. The highest BCUT2D eigenvalue weighted by Crippen LogP contribution is 2.33. The number of methoxy groups -OCH3 is 1. The Hall–Kier alpha value is -3.35. The van der Waals surface area contributed by atoms with Crippen LogP contribution in [0.25, 0.3) is 11.5 Å². The molecule has 0 radical (unpaired) electrons. The first-order valence-electron chi connectivity index (χ1n) is 9.87. The van der Waals surface area contributed by atoms with Crippen LogP contribution in [0.4, 0.5) is 16.2 Å². The van der Waals surface area contributed by atoms with Gasteiger partial charge in [-0.2, -0.15) is 0 Å². The Morgan fingerprint density at radius 2 is 1.72 bits per heavy atom. The molecule has 1 fully saturated rings. The summed E-state index contributed by atoms with van der Waals surface area (Å²) in [5, 5.41) is 14.1. The molecule has 0 aliphatic heterocycles. The number of anilines is 2. The number of benzene rings is 2. The summed E-state index contributed by atoms with van der Waals surface area (Å²) >= 11 is 0. The van der Waals surface area contributed by atoms with Crippen molar-refractivity contribution in [2.24, 2.45) is 0 Å². The van der Waals surface area contributed by atoms with Gasteiger partial charge in [-0.25, -0.2) is 4.79 Å². The molecule has 29 heavy (non-hydrogen) atoms. The molecule has 1 heterocycles. The summed E-state index contributed by atoms with van der Waals surface area (Å²) in [6.07, 6.45) is 5.92. The van der Waals surface area contributed by atoms with Gasteiger partial charge in [-0.15, -0.1) is 10.2 Å². The van der Waals surface area contributed by atoms with E-state index >= 15 is 0 Å². The Bertz CT molecular complexity index is 979. The Morgan fingerprint density at radius 1 is 1.00 bits per heavy atom. The van der Waals surface area contributed by atoms with Crippen molar-refractivity contribution < 1.29 is 13.9 Å². The summed E-state index contributed by atoms with van der Waals surface area (Å²) in [6, 6.07) is 14.2. The van der Waals surface area contributed by atoms with Crippen LogP contribution >= 0.6 is 0 Å². The summed E-state index contributed by atoms with van der Waals surface area (Å²) in [7, 11) is 1.59. The molecule has 4 rings (SSSR count). The van der Waals surface area contributed by atoms with Crippen LogP contribution < -0.4 is 15.4 Å². The Kier molecular flexibility index (Phi) is 5.74. The quantitative estimate of drug-likeness (QED) is 0.604. The Morgan fingerprint density at radius 3 is 2.48 bits per heavy atom.